The van der Waals surface area contributed by atoms with Crippen molar-refractivity contribution in [3.63, 3.8) is 0 Å². The highest BCUT2D eigenvalue weighted by Gasteiger charge is 2.30. The van der Waals surface area contributed by atoms with Gasteiger partial charge in [0.05, 0.1) is 11.1 Å². The molecule has 0 saturated carbocycles. The van der Waals surface area contributed by atoms with Crippen LogP contribution in [0.4, 0.5) is 11.5 Å². The van der Waals surface area contributed by atoms with Crippen molar-refractivity contribution < 1.29 is 9.66 Å². The third-order valence-electron chi connectivity index (χ3n) is 4.72. The van der Waals surface area contributed by atoms with Crippen molar-refractivity contribution in [2.75, 3.05) is 31.1 Å². The Labute approximate surface area is 167 Å². The molecule has 9 heteroatoms. The van der Waals surface area contributed by atoms with Gasteiger partial charge in [-0.15, -0.1) is 0 Å². The fraction of sp³-hybridized carbons (Fsp3) is 0.250. The summed E-state index contributed by atoms with van der Waals surface area (Å²) in [5.41, 5.74) is 1.02. The van der Waals surface area contributed by atoms with Crippen LogP contribution in [0.5, 0.6) is 11.6 Å². The second kappa shape index (κ2) is 8.61. The molecule has 0 atom stereocenters. The first kappa shape index (κ1) is 18.8. The van der Waals surface area contributed by atoms with Gasteiger partial charge < -0.3 is 9.64 Å². The van der Waals surface area contributed by atoms with E-state index in [0.29, 0.717) is 18.8 Å². The second-order valence-electron chi connectivity index (χ2n) is 6.65. The summed E-state index contributed by atoms with van der Waals surface area (Å²) in [6, 6.07) is 13.6. The quantitative estimate of drug-likeness (QED) is 0.467. The number of benzene rings is 1. The van der Waals surface area contributed by atoms with Crippen LogP contribution in [0.2, 0.25) is 0 Å². The fourth-order valence-corrected chi connectivity index (χ4v) is 3.30. The van der Waals surface area contributed by atoms with Crippen LogP contribution >= 0.6 is 0 Å². The molecule has 0 amide bonds. The molecule has 1 saturated heterocycles. The topological polar surface area (TPSA) is 97.5 Å². The van der Waals surface area contributed by atoms with Crippen molar-refractivity contribution in [2.45, 2.75) is 6.54 Å². The van der Waals surface area contributed by atoms with Crippen LogP contribution in [0.25, 0.3) is 0 Å². The lowest BCUT2D eigenvalue weighted by atomic mass is 10.2. The number of hydrogen-bond donors (Lipinski definition) is 0. The Morgan fingerprint density at radius 1 is 1.03 bits per heavy atom. The molecule has 3 aromatic rings. The van der Waals surface area contributed by atoms with Crippen molar-refractivity contribution in [1.82, 2.24) is 19.9 Å². The van der Waals surface area contributed by atoms with E-state index < -0.39 is 4.92 Å². The summed E-state index contributed by atoms with van der Waals surface area (Å²) in [5, 5.41) is 11.8. The van der Waals surface area contributed by atoms with Crippen molar-refractivity contribution in [3.8, 4) is 11.6 Å². The third-order valence-corrected chi connectivity index (χ3v) is 4.72. The number of nitro groups is 1. The lowest BCUT2D eigenvalue weighted by Gasteiger charge is -2.35. The first-order valence-corrected chi connectivity index (χ1v) is 9.29. The summed E-state index contributed by atoms with van der Waals surface area (Å²) in [6.45, 7) is 3.70. The van der Waals surface area contributed by atoms with Crippen LogP contribution in [0.15, 0.2) is 61.2 Å². The maximum atomic E-state index is 11.8. The molecule has 9 nitrogen and oxygen atoms in total. The first-order chi connectivity index (χ1) is 14.2. The van der Waals surface area contributed by atoms with Crippen LogP contribution in [-0.2, 0) is 6.54 Å². The predicted molar refractivity (Wildman–Crippen MR) is 107 cm³/mol. The molecule has 0 unspecified atom stereocenters. The molecule has 4 rings (SSSR count). The second-order valence-corrected chi connectivity index (χ2v) is 6.65. The molecule has 2 aromatic heterocycles. The third kappa shape index (κ3) is 4.46. The van der Waals surface area contributed by atoms with Gasteiger partial charge >= 0.3 is 11.6 Å². The summed E-state index contributed by atoms with van der Waals surface area (Å²) in [4.78, 5) is 27.7. The largest absolute Gasteiger partial charge is 0.432 e. The summed E-state index contributed by atoms with van der Waals surface area (Å²) in [7, 11) is 0. The molecule has 148 valence electrons. The Morgan fingerprint density at radius 3 is 2.52 bits per heavy atom. The van der Waals surface area contributed by atoms with Crippen molar-refractivity contribution >= 4 is 11.5 Å². The Balaban J connectivity index is 1.50. The summed E-state index contributed by atoms with van der Waals surface area (Å²) in [6.07, 6.45) is 4.37. The van der Waals surface area contributed by atoms with Crippen molar-refractivity contribution in [1.29, 1.82) is 0 Å². The van der Waals surface area contributed by atoms with E-state index >= 15 is 0 Å². The molecule has 0 bridgehead atoms. The number of aromatic nitrogens is 3. The predicted octanol–water partition coefficient (Wildman–Crippen LogP) is 2.89. The highest BCUT2D eigenvalue weighted by molar-refractivity contribution is 5.63. The van der Waals surface area contributed by atoms with E-state index in [1.165, 1.54) is 18.1 Å². The SMILES string of the molecule is O=[N+]([O-])c1c(Oc2cccnc2)ncnc1N1CCN(Cc2ccccc2)CC1. The normalized spacial score (nSPS) is 14.6. The van der Waals surface area contributed by atoms with E-state index in [0.717, 1.165) is 19.6 Å². The Kier molecular flexibility index (Phi) is 5.57. The monoisotopic (exact) mass is 392 g/mol. The molecule has 1 aliphatic rings. The average Bonchev–Trinajstić information content (AvgIpc) is 2.75. The zero-order valence-electron chi connectivity index (χ0n) is 15.7. The van der Waals surface area contributed by atoms with Crippen molar-refractivity contribution in [2.24, 2.45) is 0 Å². The zero-order chi connectivity index (χ0) is 20.1. The van der Waals surface area contributed by atoms with Gasteiger partial charge in [-0.3, -0.25) is 20.0 Å². The smallest absolute Gasteiger partial charge is 0.373 e. The Hall–Kier alpha value is -3.59. The molecular weight excluding hydrogens is 372 g/mol. The van der Waals surface area contributed by atoms with Gasteiger partial charge in [0.2, 0.25) is 5.82 Å². The summed E-state index contributed by atoms with van der Waals surface area (Å²) >= 11 is 0. The molecule has 0 N–H and O–H groups in total. The number of rotatable bonds is 6. The van der Waals surface area contributed by atoms with E-state index in [1.54, 1.807) is 18.3 Å². The molecule has 0 spiro atoms. The maximum absolute atomic E-state index is 11.8. The molecule has 1 aromatic carbocycles. The summed E-state index contributed by atoms with van der Waals surface area (Å²) < 4.78 is 5.61. The highest BCUT2D eigenvalue weighted by Crippen LogP contribution is 2.36. The number of anilines is 1. The van der Waals surface area contributed by atoms with E-state index in [2.05, 4.69) is 32.0 Å². The van der Waals surface area contributed by atoms with Crippen LogP contribution in [0.3, 0.4) is 0 Å². The Bertz CT molecular complexity index is 962. The molecular formula is C20H20N6O3. The van der Waals surface area contributed by atoms with E-state index in [4.69, 9.17) is 4.74 Å². The lowest BCUT2D eigenvalue weighted by Crippen LogP contribution is -2.46. The number of piperazine rings is 1. The molecule has 3 heterocycles. The van der Waals surface area contributed by atoms with Crippen molar-refractivity contribution in [3.05, 3.63) is 76.9 Å². The van der Waals surface area contributed by atoms with Gasteiger partial charge in [0, 0.05) is 38.9 Å². The summed E-state index contributed by atoms with van der Waals surface area (Å²) in [5.74, 6) is 0.580. The molecule has 0 radical (unpaired) electrons. The molecule has 1 aliphatic heterocycles. The molecule has 0 aliphatic carbocycles. The van der Waals surface area contributed by atoms with Crippen LogP contribution < -0.4 is 9.64 Å². The lowest BCUT2D eigenvalue weighted by molar-refractivity contribution is -0.385. The minimum absolute atomic E-state index is 0.0836. The Morgan fingerprint density at radius 2 is 1.83 bits per heavy atom. The van der Waals surface area contributed by atoms with Gasteiger partial charge in [-0.05, 0) is 17.7 Å². The number of ether oxygens (including phenoxy) is 1. The van der Waals surface area contributed by atoms with Gasteiger partial charge in [-0.2, -0.15) is 4.98 Å². The van der Waals surface area contributed by atoms with E-state index in [9.17, 15) is 10.1 Å². The van der Waals surface area contributed by atoms with Crippen LogP contribution in [0, 0.1) is 10.1 Å². The standard InChI is InChI=1S/C20H20N6O3/c27-26(28)18-19(22-15-23-20(18)29-17-7-4-8-21-13-17)25-11-9-24(10-12-25)14-16-5-2-1-3-6-16/h1-8,13,15H,9-12,14H2. The minimum atomic E-state index is -0.489. The van der Waals surface area contributed by atoms with E-state index in [1.807, 2.05) is 23.1 Å². The van der Waals surface area contributed by atoms with Gasteiger partial charge in [0.15, 0.2) is 0 Å². The average molecular weight is 392 g/mol. The van der Waals surface area contributed by atoms with E-state index in [-0.39, 0.29) is 17.4 Å². The van der Waals surface area contributed by atoms with Crippen LogP contribution in [0.1, 0.15) is 5.56 Å². The maximum Gasteiger partial charge on any atom is 0.373 e. The number of nitrogens with zero attached hydrogens (tertiary/aromatic N) is 6. The van der Waals surface area contributed by atoms with Gasteiger partial charge in [-0.25, -0.2) is 4.98 Å². The first-order valence-electron chi connectivity index (χ1n) is 9.29. The fourth-order valence-electron chi connectivity index (χ4n) is 3.30. The number of pyridine rings is 1. The van der Waals surface area contributed by atoms with Gasteiger partial charge in [0.25, 0.3) is 0 Å². The molecule has 1 fully saturated rings. The number of hydrogen-bond acceptors (Lipinski definition) is 8. The zero-order valence-corrected chi connectivity index (χ0v) is 15.7. The van der Waals surface area contributed by atoms with Gasteiger partial charge in [0.1, 0.15) is 12.1 Å². The molecule has 29 heavy (non-hydrogen) atoms. The van der Waals surface area contributed by atoms with Crippen LogP contribution in [-0.4, -0.2) is 51.0 Å². The minimum Gasteiger partial charge on any atom is -0.432 e. The highest BCUT2D eigenvalue weighted by atomic mass is 16.6. The van der Waals surface area contributed by atoms with Gasteiger partial charge in [-0.1, -0.05) is 30.3 Å².